The Morgan fingerprint density at radius 3 is 2.02 bits per heavy atom. The molecular weight excluding hydrogens is 586 g/mol. The zero-order chi connectivity index (χ0) is 33.8. The van der Waals surface area contributed by atoms with Crippen molar-refractivity contribution in [3.05, 3.63) is 0 Å². The molecule has 11 heteroatoms. The number of amides is 5. The minimum absolute atomic E-state index is 0.00720. The van der Waals surface area contributed by atoms with E-state index in [0.29, 0.717) is 25.9 Å². The first kappa shape index (κ1) is 35.9. The lowest BCUT2D eigenvalue weighted by Crippen LogP contribution is -2.62. The fraction of sp³-hybridized carbons (Fsp3) is 0.829. The zero-order valence-electron chi connectivity index (χ0n) is 28.8. The summed E-state index contributed by atoms with van der Waals surface area (Å²) < 4.78 is 0. The number of likely N-dealkylation sites (tertiary alicyclic amines) is 1. The molecule has 4 N–H and O–H groups in total. The van der Waals surface area contributed by atoms with Crippen molar-refractivity contribution in [1.82, 2.24) is 26.2 Å². The summed E-state index contributed by atoms with van der Waals surface area (Å²) in [5, 5.41) is 11.3. The van der Waals surface area contributed by atoms with Crippen LogP contribution in [0.15, 0.2) is 0 Å². The van der Waals surface area contributed by atoms with E-state index in [1.54, 1.807) is 11.8 Å². The smallest absolute Gasteiger partial charge is 0.316 e. The summed E-state index contributed by atoms with van der Waals surface area (Å²) in [5.74, 6) is -1.81. The molecule has 0 radical (unpaired) electrons. The van der Waals surface area contributed by atoms with Gasteiger partial charge in [0.2, 0.25) is 17.6 Å². The first-order valence-electron chi connectivity index (χ1n) is 17.8. The zero-order valence-corrected chi connectivity index (χ0v) is 28.8. The van der Waals surface area contributed by atoms with E-state index >= 15 is 0 Å². The van der Waals surface area contributed by atoms with Gasteiger partial charge in [-0.3, -0.25) is 24.0 Å². The summed E-state index contributed by atoms with van der Waals surface area (Å²) in [6.45, 7) is 12.0. The van der Waals surface area contributed by atoms with E-state index in [1.165, 1.54) is 0 Å². The predicted molar refractivity (Wildman–Crippen MR) is 174 cm³/mol. The van der Waals surface area contributed by atoms with Gasteiger partial charge in [-0.1, -0.05) is 66.7 Å². The second-order valence-corrected chi connectivity index (χ2v) is 15.6. The number of hydrogen-bond donors (Lipinski definition) is 4. The number of likely N-dealkylation sites (N-methyl/N-ethyl adjacent to an activating group) is 1. The lowest BCUT2D eigenvalue weighted by atomic mass is 9.81. The number of rotatable bonds is 14. The fourth-order valence-electron chi connectivity index (χ4n) is 7.32. The van der Waals surface area contributed by atoms with Gasteiger partial charge in [-0.15, -0.1) is 0 Å². The molecule has 0 aromatic rings. The second kappa shape index (κ2) is 15.3. The van der Waals surface area contributed by atoms with E-state index in [1.807, 2.05) is 34.6 Å². The highest BCUT2D eigenvalue weighted by Gasteiger charge is 2.48. The second-order valence-electron chi connectivity index (χ2n) is 15.6. The maximum Gasteiger partial charge on any atom is 0.316 e. The van der Waals surface area contributed by atoms with E-state index in [9.17, 15) is 28.8 Å². The van der Waals surface area contributed by atoms with E-state index in [0.717, 1.165) is 57.8 Å². The van der Waals surface area contributed by atoms with Gasteiger partial charge in [-0.2, -0.15) is 0 Å². The van der Waals surface area contributed by atoms with Crippen LogP contribution in [0.1, 0.15) is 112 Å². The molecular formula is C35H57N5O6. The van der Waals surface area contributed by atoms with E-state index < -0.39 is 53.2 Å². The van der Waals surface area contributed by atoms with Crippen LogP contribution in [0.3, 0.4) is 0 Å². The highest BCUT2D eigenvalue weighted by atomic mass is 16.2. The fourth-order valence-corrected chi connectivity index (χ4v) is 7.32. The summed E-state index contributed by atoms with van der Waals surface area (Å²) in [6.07, 6.45) is 9.63. The Morgan fingerprint density at radius 2 is 1.48 bits per heavy atom. The van der Waals surface area contributed by atoms with Crippen molar-refractivity contribution in [3.8, 4) is 0 Å². The topological polar surface area (TPSA) is 154 Å². The quantitative estimate of drug-likeness (QED) is 0.213. The standard InChI is InChI=1S/C35H57N5O6/c1-7-36-32(44)29(42)25(19-21-13-14-21)37-31(43)27-24(20(2)3)17-18-40(27)33(45)30(35(4,5)6)39-34(46)38-26(28(41)23-15-16-23)22-11-9-8-10-12-22/h20-27,30H,7-19H2,1-6H3,(H,36,44)(H,37,43)(H2,38,39,46)/t24?,25?,26-,27-,30+/m0/s1. The van der Waals surface area contributed by atoms with Gasteiger partial charge >= 0.3 is 6.03 Å². The van der Waals surface area contributed by atoms with E-state index in [2.05, 4.69) is 21.3 Å². The molecule has 3 aliphatic carbocycles. The van der Waals surface area contributed by atoms with Gasteiger partial charge < -0.3 is 26.2 Å². The van der Waals surface area contributed by atoms with Crippen molar-refractivity contribution >= 4 is 35.3 Å². The average Bonchev–Trinajstić information content (AvgIpc) is 3.95. The molecule has 258 valence electrons. The molecule has 0 spiro atoms. The Hall–Kier alpha value is -2.98. The van der Waals surface area contributed by atoms with Crippen LogP contribution in [0.4, 0.5) is 4.79 Å². The number of nitrogens with zero attached hydrogens (tertiary/aromatic N) is 1. The molecule has 0 aromatic carbocycles. The van der Waals surface area contributed by atoms with Crippen LogP contribution in [0.25, 0.3) is 0 Å². The van der Waals surface area contributed by atoms with Gasteiger partial charge in [0.05, 0.1) is 12.1 Å². The minimum atomic E-state index is -0.962. The van der Waals surface area contributed by atoms with Gasteiger partial charge in [0.25, 0.3) is 5.91 Å². The molecule has 4 aliphatic rings. The third-order valence-electron chi connectivity index (χ3n) is 10.4. The summed E-state index contributed by atoms with van der Waals surface area (Å²) in [7, 11) is 0. The van der Waals surface area contributed by atoms with Gasteiger partial charge in [0.1, 0.15) is 12.1 Å². The lowest BCUT2D eigenvalue weighted by Gasteiger charge is -2.37. The van der Waals surface area contributed by atoms with Gasteiger partial charge in [-0.05, 0) is 74.5 Å². The van der Waals surface area contributed by atoms with Crippen molar-refractivity contribution in [1.29, 1.82) is 0 Å². The van der Waals surface area contributed by atoms with Crippen LogP contribution in [-0.2, 0) is 24.0 Å². The number of ketones is 2. The molecule has 1 heterocycles. The number of carbonyl (C=O) groups is 6. The Balaban J connectivity index is 1.52. The van der Waals surface area contributed by atoms with Crippen molar-refractivity contribution in [2.45, 2.75) is 136 Å². The highest BCUT2D eigenvalue weighted by molar-refractivity contribution is 6.38. The van der Waals surface area contributed by atoms with Crippen LogP contribution < -0.4 is 21.3 Å². The maximum atomic E-state index is 14.4. The Morgan fingerprint density at radius 1 is 0.826 bits per heavy atom. The maximum absolute atomic E-state index is 14.4. The summed E-state index contributed by atoms with van der Waals surface area (Å²) in [5.41, 5.74) is -0.699. The summed E-state index contributed by atoms with van der Waals surface area (Å²) >= 11 is 0. The molecule has 5 atom stereocenters. The third kappa shape index (κ3) is 9.09. The van der Waals surface area contributed by atoms with Crippen molar-refractivity contribution in [3.63, 3.8) is 0 Å². The summed E-state index contributed by atoms with van der Waals surface area (Å²) in [6, 6.07) is -3.88. The monoisotopic (exact) mass is 643 g/mol. The molecule has 3 saturated carbocycles. The SMILES string of the molecule is CCNC(=O)C(=O)C(CC1CC1)NC(=O)[C@@H]1C(C(C)C)CCN1C(=O)[C@@H](NC(=O)N[C@H](C(=O)C1CC1)C1CCCCC1)C(C)(C)C. The first-order valence-corrected chi connectivity index (χ1v) is 17.8. The van der Waals surface area contributed by atoms with Crippen molar-refractivity contribution in [2.24, 2.45) is 35.0 Å². The largest absolute Gasteiger partial charge is 0.350 e. The first-order chi connectivity index (χ1) is 21.7. The number of Topliss-reactive ketones (excluding diaryl/α,β-unsaturated/α-hetero) is 2. The summed E-state index contributed by atoms with van der Waals surface area (Å²) in [4.78, 5) is 82.2. The Bertz CT molecular complexity index is 1150. The Kier molecular flexibility index (Phi) is 11.9. The molecule has 1 aliphatic heterocycles. The van der Waals surface area contributed by atoms with Crippen LogP contribution in [0, 0.1) is 35.0 Å². The molecule has 46 heavy (non-hydrogen) atoms. The number of urea groups is 1. The predicted octanol–water partition coefficient (Wildman–Crippen LogP) is 3.49. The van der Waals surface area contributed by atoms with Gasteiger partial charge in [0.15, 0.2) is 5.78 Å². The van der Waals surface area contributed by atoms with Crippen molar-refractivity contribution < 1.29 is 28.8 Å². The molecule has 2 unspecified atom stereocenters. The van der Waals surface area contributed by atoms with Crippen LogP contribution in [0.2, 0.25) is 0 Å². The van der Waals surface area contributed by atoms with Crippen LogP contribution in [-0.4, -0.2) is 77.5 Å². The highest BCUT2D eigenvalue weighted by Crippen LogP contribution is 2.37. The van der Waals surface area contributed by atoms with E-state index in [-0.39, 0.29) is 41.3 Å². The molecule has 0 aromatic heterocycles. The molecule has 5 amide bonds. The van der Waals surface area contributed by atoms with Crippen molar-refractivity contribution in [2.75, 3.05) is 13.1 Å². The van der Waals surface area contributed by atoms with Crippen LogP contribution >= 0.6 is 0 Å². The molecule has 4 fully saturated rings. The average molecular weight is 644 g/mol. The molecule has 0 bridgehead atoms. The lowest BCUT2D eigenvalue weighted by molar-refractivity contribution is -0.145. The Labute approximate surface area is 274 Å². The molecule has 4 rings (SSSR count). The van der Waals surface area contributed by atoms with Crippen LogP contribution in [0.5, 0.6) is 0 Å². The molecule has 1 saturated heterocycles. The third-order valence-corrected chi connectivity index (χ3v) is 10.4. The number of hydrogen-bond acceptors (Lipinski definition) is 6. The number of nitrogens with one attached hydrogen (secondary N) is 4. The normalized spacial score (nSPS) is 24.1. The van der Waals surface area contributed by atoms with E-state index in [4.69, 9.17) is 0 Å². The number of carbonyl (C=O) groups excluding carboxylic acids is 6. The van der Waals surface area contributed by atoms with Gasteiger partial charge in [0, 0.05) is 19.0 Å². The molecule has 11 nitrogen and oxygen atoms in total. The minimum Gasteiger partial charge on any atom is -0.350 e. The van der Waals surface area contributed by atoms with Gasteiger partial charge in [-0.25, -0.2) is 4.79 Å².